The van der Waals surface area contributed by atoms with Gasteiger partial charge < -0.3 is 10.2 Å². The van der Waals surface area contributed by atoms with E-state index in [1.54, 1.807) is 41.0 Å². The van der Waals surface area contributed by atoms with E-state index in [2.05, 4.69) is 15.4 Å². The zero-order chi connectivity index (χ0) is 18.1. The summed E-state index contributed by atoms with van der Waals surface area (Å²) in [6, 6.07) is 12.9. The molecule has 1 aromatic carbocycles. The Balaban J connectivity index is 1.65. The van der Waals surface area contributed by atoms with Gasteiger partial charge in [0.25, 0.3) is 0 Å². The number of hydrogen-bond donors (Lipinski definition) is 1. The zero-order valence-corrected chi connectivity index (χ0v) is 14.4. The van der Waals surface area contributed by atoms with Crippen molar-refractivity contribution in [2.75, 3.05) is 12.4 Å². The maximum absolute atomic E-state index is 13.1. The molecular formula is C19H19N5O2. The molecule has 7 nitrogen and oxygen atoms in total. The minimum Gasteiger partial charge on any atom is -0.338 e. The van der Waals surface area contributed by atoms with E-state index in [-0.39, 0.29) is 23.8 Å². The number of carbonyl (C=O) groups excluding carboxylic acids is 2. The summed E-state index contributed by atoms with van der Waals surface area (Å²) in [6.45, 7) is 0. The van der Waals surface area contributed by atoms with Crippen LogP contribution in [0, 0.1) is 5.92 Å². The van der Waals surface area contributed by atoms with Crippen LogP contribution in [0.15, 0.2) is 54.9 Å². The highest BCUT2D eigenvalue weighted by Crippen LogP contribution is 2.36. The van der Waals surface area contributed by atoms with Crippen LogP contribution in [0.3, 0.4) is 0 Å². The van der Waals surface area contributed by atoms with Gasteiger partial charge >= 0.3 is 0 Å². The number of carbonyl (C=O) groups is 2. The number of hydrogen-bond acceptors (Lipinski definition) is 4. The summed E-state index contributed by atoms with van der Waals surface area (Å²) in [5.74, 6) is 0.165. The van der Waals surface area contributed by atoms with Gasteiger partial charge in [-0.25, -0.2) is 4.98 Å². The molecule has 1 saturated heterocycles. The van der Waals surface area contributed by atoms with E-state index >= 15 is 0 Å². The summed E-state index contributed by atoms with van der Waals surface area (Å²) in [6.07, 6.45) is 4.16. The lowest BCUT2D eigenvalue weighted by atomic mass is 9.84. The molecule has 2 aromatic heterocycles. The molecule has 2 amide bonds. The number of benzene rings is 1. The molecule has 3 heterocycles. The lowest BCUT2D eigenvalue weighted by Crippen LogP contribution is -2.44. The van der Waals surface area contributed by atoms with Crippen molar-refractivity contribution in [1.82, 2.24) is 19.5 Å². The fourth-order valence-corrected chi connectivity index (χ4v) is 3.57. The number of piperidine rings is 1. The molecule has 4 rings (SSSR count). The lowest BCUT2D eigenvalue weighted by Gasteiger charge is -2.38. The molecule has 1 fully saturated rings. The molecule has 26 heavy (non-hydrogen) atoms. The fourth-order valence-electron chi connectivity index (χ4n) is 3.57. The first kappa shape index (κ1) is 16.3. The van der Waals surface area contributed by atoms with Crippen LogP contribution in [-0.2, 0) is 9.59 Å². The van der Waals surface area contributed by atoms with E-state index in [9.17, 15) is 9.59 Å². The lowest BCUT2D eigenvalue weighted by molar-refractivity contribution is -0.140. The Hall–Kier alpha value is -3.22. The third-order valence-electron chi connectivity index (χ3n) is 4.88. The predicted molar refractivity (Wildman–Crippen MR) is 96.3 cm³/mol. The van der Waals surface area contributed by atoms with Gasteiger partial charge in [-0.05, 0) is 18.1 Å². The maximum atomic E-state index is 13.1. The summed E-state index contributed by atoms with van der Waals surface area (Å²) in [4.78, 5) is 31.2. The number of likely N-dealkylation sites (tertiary alicyclic amines) is 1. The second-order valence-corrected chi connectivity index (χ2v) is 6.43. The van der Waals surface area contributed by atoms with Crippen molar-refractivity contribution in [3.05, 3.63) is 60.4 Å². The minimum absolute atomic E-state index is 0.0567. The monoisotopic (exact) mass is 349 g/mol. The van der Waals surface area contributed by atoms with Crippen molar-refractivity contribution in [2.45, 2.75) is 18.9 Å². The molecule has 3 aromatic rings. The van der Waals surface area contributed by atoms with Crippen LogP contribution >= 0.6 is 0 Å². The van der Waals surface area contributed by atoms with Crippen molar-refractivity contribution in [3.63, 3.8) is 0 Å². The SMILES string of the molecule is CN1C(=O)CC[C@@H](C(=O)Nc2ccnc3ccnn23)[C@@H]1c1ccccc1. The van der Waals surface area contributed by atoms with Gasteiger partial charge in [0.05, 0.1) is 18.2 Å². The van der Waals surface area contributed by atoms with Gasteiger partial charge in [0.15, 0.2) is 5.65 Å². The van der Waals surface area contributed by atoms with Gasteiger partial charge in [-0.15, -0.1) is 0 Å². The Morgan fingerprint density at radius 1 is 1.15 bits per heavy atom. The quantitative estimate of drug-likeness (QED) is 0.787. The van der Waals surface area contributed by atoms with Crippen LogP contribution in [0.1, 0.15) is 24.4 Å². The van der Waals surface area contributed by atoms with Crippen LogP contribution in [0.4, 0.5) is 5.82 Å². The highest BCUT2D eigenvalue weighted by Gasteiger charge is 2.38. The van der Waals surface area contributed by atoms with E-state index in [0.717, 1.165) is 5.56 Å². The molecule has 1 aliphatic rings. The largest absolute Gasteiger partial charge is 0.338 e. The maximum Gasteiger partial charge on any atom is 0.231 e. The Morgan fingerprint density at radius 3 is 2.77 bits per heavy atom. The third kappa shape index (κ3) is 2.81. The first-order chi connectivity index (χ1) is 12.6. The summed E-state index contributed by atoms with van der Waals surface area (Å²) in [5.41, 5.74) is 1.63. The van der Waals surface area contributed by atoms with Crippen molar-refractivity contribution < 1.29 is 9.59 Å². The number of rotatable bonds is 3. The smallest absolute Gasteiger partial charge is 0.231 e. The Morgan fingerprint density at radius 2 is 1.96 bits per heavy atom. The Kier molecular flexibility index (Phi) is 4.12. The van der Waals surface area contributed by atoms with E-state index in [0.29, 0.717) is 24.3 Å². The molecule has 0 radical (unpaired) electrons. The van der Waals surface area contributed by atoms with Gasteiger partial charge in [-0.1, -0.05) is 30.3 Å². The number of amides is 2. The molecule has 2 atom stereocenters. The number of fused-ring (bicyclic) bond motifs is 1. The normalized spacial score (nSPS) is 20.3. The molecule has 132 valence electrons. The van der Waals surface area contributed by atoms with Crippen LogP contribution in [0.25, 0.3) is 5.65 Å². The van der Waals surface area contributed by atoms with Gasteiger partial charge in [0, 0.05) is 25.7 Å². The summed E-state index contributed by atoms with van der Waals surface area (Å²) >= 11 is 0. The van der Waals surface area contributed by atoms with Gasteiger partial charge in [0.1, 0.15) is 5.82 Å². The highest BCUT2D eigenvalue weighted by atomic mass is 16.2. The van der Waals surface area contributed by atoms with E-state index in [1.807, 2.05) is 30.3 Å². The van der Waals surface area contributed by atoms with Crippen molar-refractivity contribution in [2.24, 2.45) is 5.92 Å². The molecule has 7 heteroatoms. The molecule has 0 aliphatic carbocycles. The molecule has 0 saturated carbocycles. The fraction of sp³-hybridized carbons (Fsp3) is 0.263. The molecular weight excluding hydrogens is 330 g/mol. The second-order valence-electron chi connectivity index (χ2n) is 6.43. The average molecular weight is 349 g/mol. The number of nitrogens with one attached hydrogen (secondary N) is 1. The summed E-state index contributed by atoms with van der Waals surface area (Å²) < 4.78 is 1.59. The van der Waals surface area contributed by atoms with Crippen molar-refractivity contribution in [1.29, 1.82) is 0 Å². The molecule has 1 aliphatic heterocycles. The standard InChI is InChI=1S/C19H19N5O2/c1-23-17(25)8-7-14(18(23)13-5-3-2-4-6-13)19(26)22-16-9-11-20-15-10-12-21-24(15)16/h2-6,9-12,14,18H,7-8H2,1H3,(H,22,26)/t14-,18+/m1/s1. The van der Waals surface area contributed by atoms with Crippen LogP contribution in [-0.4, -0.2) is 38.4 Å². The topological polar surface area (TPSA) is 79.6 Å². The highest BCUT2D eigenvalue weighted by molar-refractivity contribution is 5.94. The number of nitrogens with zero attached hydrogens (tertiary/aromatic N) is 4. The second kappa shape index (κ2) is 6.59. The van der Waals surface area contributed by atoms with Crippen LogP contribution in [0.5, 0.6) is 0 Å². The van der Waals surface area contributed by atoms with Crippen molar-refractivity contribution in [3.8, 4) is 0 Å². The summed E-state index contributed by atoms with van der Waals surface area (Å²) in [5, 5.41) is 7.16. The predicted octanol–water partition coefficient (Wildman–Crippen LogP) is 2.28. The van der Waals surface area contributed by atoms with Gasteiger partial charge in [-0.2, -0.15) is 9.61 Å². The van der Waals surface area contributed by atoms with E-state index < -0.39 is 0 Å². The summed E-state index contributed by atoms with van der Waals surface area (Å²) in [7, 11) is 1.76. The zero-order valence-electron chi connectivity index (χ0n) is 14.4. The number of anilines is 1. The van der Waals surface area contributed by atoms with Gasteiger partial charge in [0.2, 0.25) is 11.8 Å². The van der Waals surface area contributed by atoms with Crippen molar-refractivity contribution >= 4 is 23.3 Å². The number of aromatic nitrogens is 3. The molecule has 0 spiro atoms. The van der Waals surface area contributed by atoms with Gasteiger partial charge in [-0.3, -0.25) is 9.59 Å². The van der Waals surface area contributed by atoms with E-state index in [1.165, 1.54) is 0 Å². The Labute approximate surface area is 150 Å². The Bertz CT molecular complexity index is 953. The third-order valence-corrected chi connectivity index (χ3v) is 4.88. The molecule has 0 unspecified atom stereocenters. The average Bonchev–Trinajstić information content (AvgIpc) is 3.14. The molecule has 1 N–H and O–H groups in total. The first-order valence-electron chi connectivity index (χ1n) is 8.55. The first-order valence-corrected chi connectivity index (χ1v) is 8.55. The van der Waals surface area contributed by atoms with Crippen LogP contribution in [0.2, 0.25) is 0 Å². The minimum atomic E-state index is -0.334. The van der Waals surface area contributed by atoms with Crippen LogP contribution < -0.4 is 5.32 Å². The molecule has 0 bridgehead atoms. The van der Waals surface area contributed by atoms with E-state index in [4.69, 9.17) is 0 Å².